The molecule has 194 valence electrons. The van der Waals surface area contributed by atoms with Crippen LogP contribution in [0.15, 0.2) is 49.2 Å². The number of nitriles is 1. The van der Waals surface area contributed by atoms with Gasteiger partial charge in [-0.2, -0.15) is 15.5 Å². The zero-order valence-corrected chi connectivity index (χ0v) is 21.9. The van der Waals surface area contributed by atoms with Crippen molar-refractivity contribution in [2.75, 3.05) is 24.5 Å². The second-order valence-corrected chi connectivity index (χ2v) is 11.2. The number of nitrogens with zero attached hydrogens (tertiary/aromatic N) is 7. The number of aromatic nitrogens is 5. The summed E-state index contributed by atoms with van der Waals surface area (Å²) in [4.78, 5) is 19.1. The van der Waals surface area contributed by atoms with Crippen LogP contribution in [0.4, 0.5) is 10.6 Å². The average molecular weight is 511 g/mol. The van der Waals surface area contributed by atoms with Gasteiger partial charge < -0.3 is 15.0 Å². The van der Waals surface area contributed by atoms with Crippen LogP contribution in [0, 0.1) is 29.1 Å². The molecular formula is C28H30N8O2. The van der Waals surface area contributed by atoms with Gasteiger partial charge in [-0.3, -0.25) is 4.68 Å². The minimum absolute atomic E-state index is 0.351. The summed E-state index contributed by atoms with van der Waals surface area (Å²) in [5.74, 6) is 2.56. The monoisotopic (exact) mass is 510 g/mol. The first-order valence-electron chi connectivity index (χ1n) is 12.8. The molecular weight excluding hydrogens is 480 g/mol. The number of amides is 1. The van der Waals surface area contributed by atoms with E-state index in [1.54, 1.807) is 15.4 Å². The van der Waals surface area contributed by atoms with Gasteiger partial charge in [-0.05, 0) is 56.7 Å². The zero-order chi connectivity index (χ0) is 26.6. The van der Waals surface area contributed by atoms with Gasteiger partial charge in [-0.1, -0.05) is 0 Å². The summed E-state index contributed by atoms with van der Waals surface area (Å²) in [5, 5.41) is 21.3. The zero-order valence-electron chi connectivity index (χ0n) is 21.9. The number of carbonyl (C=O) groups excluding carboxylic acids is 1. The Morgan fingerprint density at radius 3 is 2.53 bits per heavy atom. The van der Waals surface area contributed by atoms with E-state index in [1.165, 1.54) is 0 Å². The summed E-state index contributed by atoms with van der Waals surface area (Å²) in [5.41, 5.74) is 4.55. The third-order valence-electron chi connectivity index (χ3n) is 7.41. The number of alkyl carbamates (subject to hydrolysis) is 1. The number of anilines is 1. The number of hydrogen-bond donors (Lipinski definition) is 1. The van der Waals surface area contributed by atoms with Crippen molar-refractivity contribution < 1.29 is 9.53 Å². The third kappa shape index (κ3) is 4.45. The quantitative estimate of drug-likeness (QED) is 0.433. The smallest absolute Gasteiger partial charge is 0.407 e. The normalized spacial score (nSPS) is 20.3. The number of ether oxygens (including phenoxy) is 1. The van der Waals surface area contributed by atoms with Gasteiger partial charge in [0.25, 0.3) is 0 Å². The van der Waals surface area contributed by atoms with E-state index >= 15 is 0 Å². The summed E-state index contributed by atoms with van der Waals surface area (Å²) >= 11 is 0. The molecule has 6 rings (SSSR count). The number of pyridine rings is 2. The van der Waals surface area contributed by atoms with Crippen molar-refractivity contribution in [2.24, 2.45) is 24.8 Å². The molecule has 3 atom stereocenters. The van der Waals surface area contributed by atoms with Gasteiger partial charge in [0.1, 0.15) is 17.5 Å². The van der Waals surface area contributed by atoms with Gasteiger partial charge in [-0.25, -0.2) is 14.3 Å². The molecule has 4 aromatic rings. The van der Waals surface area contributed by atoms with E-state index < -0.39 is 5.60 Å². The van der Waals surface area contributed by atoms with Crippen molar-refractivity contribution in [2.45, 2.75) is 26.4 Å². The number of nitrogens with one attached hydrogen (secondary N) is 1. The molecule has 2 aliphatic rings. The topological polar surface area (TPSA) is 113 Å². The fourth-order valence-corrected chi connectivity index (χ4v) is 5.54. The number of rotatable bonds is 5. The molecule has 0 radical (unpaired) electrons. The fourth-order valence-electron chi connectivity index (χ4n) is 5.54. The Morgan fingerprint density at radius 1 is 1.11 bits per heavy atom. The number of fused-ring (bicyclic) bond motifs is 2. The molecule has 2 fully saturated rings. The summed E-state index contributed by atoms with van der Waals surface area (Å²) in [6, 6.07) is 8.43. The summed E-state index contributed by atoms with van der Waals surface area (Å²) in [6.45, 7) is 8.12. The Morgan fingerprint density at radius 2 is 1.89 bits per heavy atom. The highest BCUT2D eigenvalue weighted by molar-refractivity contribution is 5.87. The molecule has 5 heterocycles. The lowest BCUT2D eigenvalue weighted by atomic mass is 10.0. The van der Waals surface area contributed by atoms with E-state index in [0.717, 1.165) is 46.7 Å². The van der Waals surface area contributed by atoms with Gasteiger partial charge in [0.2, 0.25) is 0 Å². The molecule has 1 saturated heterocycles. The lowest BCUT2D eigenvalue weighted by Gasteiger charge is -2.22. The average Bonchev–Trinajstić information content (AvgIpc) is 3.32. The van der Waals surface area contributed by atoms with Crippen LogP contribution in [-0.2, 0) is 11.8 Å². The largest absolute Gasteiger partial charge is 0.444 e. The van der Waals surface area contributed by atoms with Crippen molar-refractivity contribution in [3.8, 4) is 28.3 Å². The predicted octanol–water partition coefficient (Wildman–Crippen LogP) is 3.88. The SMILES string of the molecule is Cn1cc(-c2cc(-c3ccc(N4CC5C(CNC(=O)OC(C)(C)C)[C@H]5C4)nc3)c3c(C#N)cnn3c2)cn1. The lowest BCUT2D eigenvalue weighted by molar-refractivity contribution is 0.0524. The van der Waals surface area contributed by atoms with Crippen molar-refractivity contribution in [1.29, 1.82) is 5.26 Å². The Balaban J connectivity index is 1.17. The number of hydrogen-bond acceptors (Lipinski definition) is 7. The van der Waals surface area contributed by atoms with Gasteiger partial charge in [-0.15, -0.1) is 0 Å². The molecule has 0 spiro atoms. The van der Waals surface area contributed by atoms with Crippen molar-refractivity contribution in [3.63, 3.8) is 0 Å². The first kappa shape index (κ1) is 24.0. The predicted molar refractivity (Wildman–Crippen MR) is 142 cm³/mol. The van der Waals surface area contributed by atoms with Gasteiger partial charge in [0, 0.05) is 67.5 Å². The Bertz CT molecular complexity index is 1540. The maximum atomic E-state index is 12.0. The first-order chi connectivity index (χ1) is 18.2. The van der Waals surface area contributed by atoms with Crippen molar-refractivity contribution >= 4 is 17.4 Å². The maximum absolute atomic E-state index is 12.0. The molecule has 10 heteroatoms. The van der Waals surface area contributed by atoms with E-state index in [4.69, 9.17) is 9.72 Å². The van der Waals surface area contributed by atoms with Gasteiger partial charge >= 0.3 is 6.09 Å². The highest BCUT2D eigenvalue weighted by Gasteiger charge is 2.55. The van der Waals surface area contributed by atoms with Crippen LogP contribution in [-0.4, -0.2) is 55.7 Å². The molecule has 2 unspecified atom stereocenters. The standard InChI is InChI=1S/C28H30N8O2/c1-28(2,3)38-27(37)31-12-22-23-15-35(16-24(22)23)25-6-5-17(9-30-25)21-7-18(20-11-32-34(4)13-20)14-36-26(21)19(8-29)10-33-36/h5-7,9-11,13-14,22-24H,12,15-16H2,1-4H3,(H,31,37)/t22?,23-,24?/m1/s1. The van der Waals surface area contributed by atoms with Crippen molar-refractivity contribution in [3.05, 3.63) is 54.7 Å². The molecule has 1 saturated carbocycles. The molecule has 0 aromatic carbocycles. The maximum Gasteiger partial charge on any atom is 0.407 e. The molecule has 1 amide bonds. The highest BCUT2D eigenvalue weighted by Crippen LogP contribution is 2.52. The Labute approximate surface area is 220 Å². The van der Waals surface area contributed by atoms with Crippen LogP contribution >= 0.6 is 0 Å². The van der Waals surface area contributed by atoms with Gasteiger partial charge in [0.05, 0.1) is 23.5 Å². The summed E-state index contributed by atoms with van der Waals surface area (Å²) < 4.78 is 8.86. The number of carbonyl (C=O) groups is 1. The van der Waals surface area contributed by atoms with Gasteiger partial charge in [0.15, 0.2) is 0 Å². The highest BCUT2D eigenvalue weighted by atomic mass is 16.6. The van der Waals surface area contributed by atoms with Crippen LogP contribution in [0.3, 0.4) is 0 Å². The molecule has 1 aliphatic carbocycles. The Kier molecular flexibility index (Phi) is 5.60. The molecule has 0 bridgehead atoms. The molecule has 1 aliphatic heterocycles. The van der Waals surface area contributed by atoms with E-state index in [-0.39, 0.29) is 6.09 Å². The second-order valence-electron chi connectivity index (χ2n) is 11.2. The van der Waals surface area contributed by atoms with Crippen LogP contribution < -0.4 is 10.2 Å². The molecule has 4 aromatic heterocycles. The lowest BCUT2D eigenvalue weighted by Crippen LogP contribution is -2.35. The van der Waals surface area contributed by atoms with Crippen molar-refractivity contribution in [1.82, 2.24) is 29.7 Å². The van der Waals surface area contributed by atoms with E-state index in [2.05, 4.69) is 38.6 Å². The second kappa shape index (κ2) is 8.87. The molecule has 1 N–H and O–H groups in total. The number of aryl methyl sites for hydroxylation is 1. The van der Waals surface area contributed by atoms with Crippen LogP contribution in [0.25, 0.3) is 27.8 Å². The van der Waals surface area contributed by atoms with Crippen LogP contribution in [0.5, 0.6) is 0 Å². The fraction of sp³-hybridized carbons (Fsp3) is 0.393. The minimum atomic E-state index is -0.488. The van der Waals surface area contributed by atoms with E-state index in [1.807, 2.05) is 58.7 Å². The summed E-state index contributed by atoms with van der Waals surface area (Å²) in [6.07, 6.45) is 8.81. The first-order valence-corrected chi connectivity index (χ1v) is 12.8. The van der Waals surface area contributed by atoms with E-state index in [9.17, 15) is 10.1 Å². The Hall–Kier alpha value is -4.39. The van der Waals surface area contributed by atoms with Crippen LogP contribution in [0.1, 0.15) is 26.3 Å². The summed E-state index contributed by atoms with van der Waals surface area (Å²) in [7, 11) is 1.88. The number of piperidine rings is 1. The van der Waals surface area contributed by atoms with E-state index in [0.29, 0.717) is 29.9 Å². The molecule has 38 heavy (non-hydrogen) atoms. The minimum Gasteiger partial charge on any atom is -0.444 e. The third-order valence-corrected chi connectivity index (χ3v) is 7.41. The van der Waals surface area contributed by atoms with Crippen LogP contribution in [0.2, 0.25) is 0 Å². The molecule has 10 nitrogen and oxygen atoms in total.